The number of likely N-dealkylation sites (tertiary alicyclic amines) is 1. The molecule has 2 aliphatic rings. The number of piperidine rings is 1. The van der Waals surface area contributed by atoms with Crippen LogP contribution >= 0.6 is 11.3 Å². The van der Waals surface area contributed by atoms with E-state index in [1.807, 2.05) is 42.7 Å². The number of hydrogen-bond acceptors (Lipinski definition) is 5. The van der Waals surface area contributed by atoms with E-state index in [0.717, 1.165) is 37.9 Å². The Hall–Kier alpha value is -0.950. The number of rotatable bonds is 3. The predicted molar refractivity (Wildman–Crippen MR) is 95.2 cm³/mol. The third-order valence-corrected chi connectivity index (χ3v) is 6.27. The Morgan fingerprint density at radius 3 is 2.75 bits per heavy atom. The van der Waals surface area contributed by atoms with Gasteiger partial charge in [-0.2, -0.15) is 11.3 Å². The summed E-state index contributed by atoms with van der Waals surface area (Å²) in [6.45, 7) is 3.69. The Morgan fingerprint density at radius 2 is 2.17 bits per heavy atom. The minimum atomic E-state index is -0.819. The predicted octanol–water partition coefficient (Wildman–Crippen LogP) is 1.75. The van der Waals surface area contributed by atoms with Crippen LogP contribution < -0.4 is 0 Å². The third kappa shape index (κ3) is 3.67. The summed E-state index contributed by atoms with van der Waals surface area (Å²) in [5, 5.41) is 14.6. The summed E-state index contributed by atoms with van der Waals surface area (Å²) >= 11 is 1.63. The fraction of sp³-hybridized carbons (Fsp3) is 0.722. The highest BCUT2D eigenvalue weighted by Crippen LogP contribution is 2.39. The summed E-state index contributed by atoms with van der Waals surface area (Å²) < 4.78 is 6.12. The highest BCUT2D eigenvalue weighted by Gasteiger charge is 2.49. The SMILES string of the molecule is CN(C)[C@H]1CC2(CCN(C(=O)Cc3ccsc3)CC2)OC[C@]1(C)O. The molecule has 2 atom stereocenters. The highest BCUT2D eigenvalue weighted by atomic mass is 32.1. The number of carbonyl (C=O) groups is 1. The first-order valence-electron chi connectivity index (χ1n) is 8.63. The molecule has 1 aromatic heterocycles. The molecule has 134 valence electrons. The molecular weight excluding hydrogens is 324 g/mol. The normalized spacial score (nSPS) is 30.0. The maximum absolute atomic E-state index is 12.5. The van der Waals surface area contributed by atoms with Crippen LogP contribution in [0.2, 0.25) is 0 Å². The number of hydrogen-bond donors (Lipinski definition) is 1. The van der Waals surface area contributed by atoms with Gasteiger partial charge in [0.15, 0.2) is 0 Å². The molecule has 0 bridgehead atoms. The second kappa shape index (κ2) is 6.75. The van der Waals surface area contributed by atoms with Gasteiger partial charge in [0.2, 0.25) is 5.91 Å². The van der Waals surface area contributed by atoms with Gasteiger partial charge in [0.25, 0.3) is 0 Å². The van der Waals surface area contributed by atoms with Gasteiger partial charge in [-0.3, -0.25) is 4.79 Å². The molecule has 1 spiro atoms. The van der Waals surface area contributed by atoms with E-state index >= 15 is 0 Å². The molecule has 2 saturated heterocycles. The summed E-state index contributed by atoms with van der Waals surface area (Å²) in [4.78, 5) is 16.5. The Labute approximate surface area is 148 Å². The summed E-state index contributed by atoms with van der Waals surface area (Å²) in [5.41, 5.74) is 0.0831. The van der Waals surface area contributed by atoms with Crippen molar-refractivity contribution in [1.82, 2.24) is 9.80 Å². The largest absolute Gasteiger partial charge is 0.386 e. The molecule has 2 fully saturated rings. The van der Waals surface area contributed by atoms with Crippen LogP contribution in [0.1, 0.15) is 31.7 Å². The van der Waals surface area contributed by atoms with Gasteiger partial charge >= 0.3 is 0 Å². The zero-order valence-corrected chi connectivity index (χ0v) is 15.6. The van der Waals surface area contributed by atoms with Crippen molar-refractivity contribution < 1.29 is 14.6 Å². The number of amides is 1. The van der Waals surface area contributed by atoms with Gasteiger partial charge in [0.05, 0.1) is 18.6 Å². The van der Waals surface area contributed by atoms with Crippen LogP contribution in [0.5, 0.6) is 0 Å². The van der Waals surface area contributed by atoms with Crippen LogP contribution in [0.25, 0.3) is 0 Å². The molecule has 1 N–H and O–H groups in total. The van der Waals surface area contributed by atoms with E-state index in [4.69, 9.17) is 4.74 Å². The monoisotopic (exact) mass is 352 g/mol. The lowest BCUT2D eigenvalue weighted by Gasteiger charge is -2.52. The number of thiophene rings is 1. The molecule has 1 amide bonds. The molecule has 24 heavy (non-hydrogen) atoms. The number of ether oxygens (including phenoxy) is 1. The third-order valence-electron chi connectivity index (χ3n) is 5.54. The summed E-state index contributed by atoms with van der Waals surface area (Å²) in [6.07, 6.45) is 3.01. The fourth-order valence-electron chi connectivity index (χ4n) is 3.96. The fourth-order valence-corrected chi connectivity index (χ4v) is 4.63. The minimum absolute atomic E-state index is 0.0827. The molecule has 3 heterocycles. The summed E-state index contributed by atoms with van der Waals surface area (Å²) in [6, 6.07) is 2.10. The van der Waals surface area contributed by atoms with Gasteiger partial charge in [-0.15, -0.1) is 0 Å². The van der Waals surface area contributed by atoms with E-state index in [9.17, 15) is 9.90 Å². The number of aliphatic hydroxyl groups is 1. The van der Waals surface area contributed by atoms with Crippen molar-refractivity contribution in [2.24, 2.45) is 0 Å². The van der Waals surface area contributed by atoms with Gasteiger partial charge in [-0.1, -0.05) is 0 Å². The van der Waals surface area contributed by atoms with Crippen molar-refractivity contribution in [3.8, 4) is 0 Å². The van der Waals surface area contributed by atoms with Crippen LogP contribution in [0, 0.1) is 0 Å². The van der Waals surface area contributed by atoms with Crippen LogP contribution in [0.3, 0.4) is 0 Å². The Kier molecular flexibility index (Phi) is 5.02. The number of carbonyl (C=O) groups excluding carboxylic acids is 1. The lowest BCUT2D eigenvalue weighted by Crippen LogP contribution is -2.63. The first-order valence-corrected chi connectivity index (χ1v) is 9.57. The Morgan fingerprint density at radius 1 is 1.46 bits per heavy atom. The second-order valence-electron chi connectivity index (χ2n) is 7.70. The molecule has 0 unspecified atom stereocenters. The molecule has 0 radical (unpaired) electrons. The number of likely N-dealkylation sites (N-methyl/N-ethyl adjacent to an activating group) is 1. The first kappa shape index (κ1) is 17.9. The molecule has 0 aromatic carbocycles. The van der Waals surface area contributed by atoms with Crippen molar-refractivity contribution in [1.29, 1.82) is 0 Å². The zero-order chi connectivity index (χ0) is 17.4. The molecular formula is C18H28N2O3S. The molecule has 1 aromatic rings. The van der Waals surface area contributed by atoms with E-state index in [-0.39, 0.29) is 17.6 Å². The molecule has 0 saturated carbocycles. The van der Waals surface area contributed by atoms with Crippen molar-refractivity contribution in [3.63, 3.8) is 0 Å². The summed E-state index contributed by atoms with van der Waals surface area (Å²) in [5.74, 6) is 0.204. The minimum Gasteiger partial charge on any atom is -0.386 e. The lowest BCUT2D eigenvalue weighted by molar-refractivity contribution is -0.207. The highest BCUT2D eigenvalue weighted by molar-refractivity contribution is 7.07. The topological polar surface area (TPSA) is 53.0 Å². The molecule has 0 aliphatic carbocycles. The van der Waals surface area contributed by atoms with E-state index in [2.05, 4.69) is 4.90 Å². The average molecular weight is 353 g/mol. The van der Waals surface area contributed by atoms with Crippen LogP contribution in [0.15, 0.2) is 16.8 Å². The maximum Gasteiger partial charge on any atom is 0.227 e. The molecule has 5 nitrogen and oxygen atoms in total. The summed E-state index contributed by atoms with van der Waals surface area (Å²) in [7, 11) is 4.02. The van der Waals surface area contributed by atoms with E-state index < -0.39 is 5.60 Å². The van der Waals surface area contributed by atoms with Crippen molar-refractivity contribution >= 4 is 17.2 Å². The maximum atomic E-state index is 12.5. The van der Waals surface area contributed by atoms with Gasteiger partial charge in [0, 0.05) is 19.1 Å². The average Bonchev–Trinajstić information content (AvgIpc) is 3.03. The van der Waals surface area contributed by atoms with Gasteiger partial charge in [-0.05, 0) is 62.7 Å². The van der Waals surface area contributed by atoms with Crippen LogP contribution in [-0.4, -0.2) is 71.8 Å². The van der Waals surface area contributed by atoms with Gasteiger partial charge in [0.1, 0.15) is 5.60 Å². The van der Waals surface area contributed by atoms with Crippen molar-refractivity contribution in [2.45, 2.75) is 49.9 Å². The van der Waals surface area contributed by atoms with Gasteiger partial charge < -0.3 is 19.6 Å². The second-order valence-corrected chi connectivity index (χ2v) is 8.48. The van der Waals surface area contributed by atoms with Crippen LogP contribution in [0.4, 0.5) is 0 Å². The zero-order valence-electron chi connectivity index (χ0n) is 14.8. The van der Waals surface area contributed by atoms with Crippen molar-refractivity contribution in [2.75, 3.05) is 33.8 Å². The van der Waals surface area contributed by atoms with Gasteiger partial charge in [-0.25, -0.2) is 0 Å². The smallest absolute Gasteiger partial charge is 0.227 e. The standard InChI is InChI=1S/C18H28N2O3S/c1-17(22)13-23-18(11-15(17)19(2)3)5-7-20(8-6-18)16(21)10-14-4-9-24-12-14/h4,9,12,15,22H,5-8,10-11,13H2,1-3H3/t15-,17-/m0/s1. The molecule has 3 rings (SSSR count). The number of nitrogens with zero attached hydrogens (tertiary/aromatic N) is 2. The first-order chi connectivity index (χ1) is 11.3. The Bertz CT molecular complexity index is 563. The van der Waals surface area contributed by atoms with E-state index in [1.54, 1.807) is 11.3 Å². The van der Waals surface area contributed by atoms with Crippen LogP contribution in [-0.2, 0) is 16.0 Å². The van der Waals surface area contributed by atoms with E-state index in [0.29, 0.717) is 13.0 Å². The van der Waals surface area contributed by atoms with Crippen molar-refractivity contribution in [3.05, 3.63) is 22.4 Å². The van der Waals surface area contributed by atoms with E-state index in [1.165, 1.54) is 0 Å². The molecule has 6 heteroatoms. The molecule has 2 aliphatic heterocycles. The quantitative estimate of drug-likeness (QED) is 0.901. The lowest BCUT2D eigenvalue weighted by atomic mass is 9.77. The Balaban J connectivity index is 1.59.